The van der Waals surface area contributed by atoms with Crippen molar-refractivity contribution in [1.29, 1.82) is 0 Å². The van der Waals surface area contributed by atoms with Crippen molar-refractivity contribution in [2.45, 2.75) is 13.8 Å². The quantitative estimate of drug-likeness (QED) is 0.292. The fourth-order valence-electron chi connectivity index (χ4n) is 2.48. The average Bonchev–Trinajstić information content (AvgIpc) is 3.44. The first-order valence-electron chi connectivity index (χ1n) is 8.21. The van der Waals surface area contributed by atoms with Crippen LogP contribution in [0.5, 0.6) is 0 Å². The zero-order valence-electron chi connectivity index (χ0n) is 15.0. The molecular formula is C19H21ClIN5. The van der Waals surface area contributed by atoms with E-state index in [1.54, 1.807) is 6.07 Å². The summed E-state index contributed by atoms with van der Waals surface area (Å²) in [5.41, 5.74) is 9.69. The first kappa shape index (κ1) is 19.0. The minimum absolute atomic E-state index is 0.149. The lowest BCUT2D eigenvalue weighted by Gasteiger charge is -2.21. The average molecular weight is 482 g/mol. The van der Waals surface area contributed by atoms with Crippen molar-refractivity contribution >= 4 is 53.1 Å². The van der Waals surface area contributed by atoms with Gasteiger partial charge < -0.3 is 10.6 Å². The number of aromatic nitrogens is 2. The third kappa shape index (κ3) is 4.88. The zero-order valence-corrected chi connectivity index (χ0v) is 17.9. The number of rotatable bonds is 6. The molecule has 0 amide bonds. The van der Waals surface area contributed by atoms with Crippen molar-refractivity contribution < 1.29 is 0 Å². The number of halogens is 2. The summed E-state index contributed by atoms with van der Waals surface area (Å²) in [6.45, 7) is 4.48. The Morgan fingerprint density at radius 2 is 1.96 bits per heavy atom. The monoisotopic (exact) mass is 481 g/mol. The zero-order chi connectivity index (χ0) is 18.7. The standard InChI is InChI=1S/C19H21ClIN5/c1-12(22)15(13(2)23-14-7-5-4-6-8-14)11-26(3)18-9-17(20)24-19(25-18)16-10-21-16/h4-9H,10-11,22H2,1-3H3. The first-order valence-corrected chi connectivity index (χ1v) is 11.2. The summed E-state index contributed by atoms with van der Waals surface area (Å²) in [6, 6.07) is 11.7. The van der Waals surface area contributed by atoms with Crippen LogP contribution in [0.25, 0.3) is 0 Å². The Bertz CT molecular complexity index is 901. The van der Waals surface area contributed by atoms with Crippen LogP contribution in [0.4, 0.5) is 11.5 Å². The number of nitrogens with two attached hydrogens (primary N) is 1. The Morgan fingerprint density at radius 1 is 1.27 bits per heavy atom. The van der Waals surface area contributed by atoms with Crippen LogP contribution in [0.15, 0.2) is 52.7 Å². The molecule has 1 aromatic carbocycles. The van der Waals surface area contributed by atoms with Crippen LogP contribution in [0.1, 0.15) is 19.7 Å². The summed E-state index contributed by atoms with van der Waals surface area (Å²) < 4.78 is 2.53. The van der Waals surface area contributed by atoms with Crippen LogP contribution >= 0.6 is 32.3 Å². The Balaban J connectivity index is 1.84. The molecule has 1 aliphatic heterocycles. The van der Waals surface area contributed by atoms with E-state index in [2.05, 4.69) is 9.97 Å². The maximum Gasteiger partial charge on any atom is 0.165 e. The van der Waals surface area contributed by atoms with Gasteiger partial charge in [-0.05, 0) is 26.0 Å². The lowest BCUT2D eigenvalue weighted by Crippen LogP contribution is -2.26. The van der Waals surface area contributed by atoms with Crippen molar-refractivity contribution in [1.82, 2.24) is 9.97 Å². The Labute approximate surface area is 168 Å². The molecule has 0 saturated heterocycles. The van der Waals surface area contributed by atoms with Crippen LogP contribution < -0.4 is 10.6 Å². The molecule has 2 aromatic rings. The lowest BCUT2D eigenvalue weighted by atomic mass is 10.1. The molecule has 1 aliphatic rings. The highest BCUT2D eigenvalue weighted by Crippen LogP contribution is 2.26. The number of alkyl halides is 1. The van der Waals surface area contributed by atoms with E-state index in [1.165, 1.54) is 3.51 Å². The third-order valence-electron chi connectivity index (χ3n) is 3.94. The number of hydrogen-bond acceptors (Lipinski definition) is 5. The van der Waals surface area contributed by atoms with E-state index < -0.39 is 0 Å². The number of aliphatic imine (C=N–C) groups is 1. The molecule has 0 saturated carbocycles. The predicted molar refractivity (Wildman–Crippen MR) is 119 cm³/mol. The lowest BCUT2D eigenvalue weighted by molar-refractivity contribution is 0.945. The summed E-state index contributed by atoms with van der Waals surface area (Å²) in [4.78, 5) is 15.7. The summed E-state index contributed by atoms with van der Waals surface area (Å²) in [6.07, 6.45) is 0. The molecule has 2 heterocycles. The van der Waals surface area contributed by atoms with Crippen LogP contribution in [0, 0.1) is 0 Å². The number of benzene rings is 1. The van der Waals surface area contributed by atoms with Gasteiger partial charge >= 0.3 is 0 Å². The van der Waals surface area contributed by atoms with Crippen LogP contribution in [-0.2, 0) is 0 Å². The van der Waals surface area contributed by atoms with Gasteiger partial charge in [0.05, 0.1) is 5.69 Å². The van der Waals surface area contributed by atoms with Gasteiger partial charge in [-0.2, -0.15) is 0 Å². The minimum Gasteiger partial charge on any atom is -0.402 e. The molecule has 0 spiro atoms. The third-order valence-corrected chi connectivity index (χ3v) is 6.15. The van der Waals surface area contributed by atoms with Crippen LogP contribution in [0.2, 0.25) is 5.15 Å². The fraction of sp³-hybridized carbons (Fsp3) is 0.263. The topological polar surface area (TPSA) is 67.4 Å². The van der Waals surface area contributed by atoms with Gasteiger partial charge in [-0.1, -0.05) is 29.8 Å². The molecule has 0 unspecified atom stereocenters. The van der Waals surface area contributed by atoms with Gasteiger partial charge in [0.2, 0.25) is 0 Å². The van der Waals surface area contributed by atoms with Crippen molar-refractivity contribution in [3.8, 4) is 0 Å². The molecule has 3 rings (SSSR count). The van der Waals surface area contributed by atoms with Gasteiger partial charge in [-0.25, -0.2) is 9.97 Å². The summed E-state index contributed by atoms with van der Waals surface area (Å²) >= 11 is 6.34. The molecule has 0 radical (unpaired) electrons. The maximum atomic E-state index is 6.20. The second-order valence-corrected chi connectivity index (χ2v) is 9.31. The van der Waals surface area contributed by atoms with Gasteiger partial charge in [-0.15, -0.1) is 20.7 Å². The van der Waals surface area contributed by atoms with Gasteiger partial charge in [0.25, 0.3) is 0 Å². The normalized spacial score (nSPS) is 14.9. The highest BCUT2D eigenvalue weighted by Gasteiger charge is 2.18. The van der Waals surface area contributed by atoms with Gasteiger partial charge in [-0.3, -0.25) is 4.99 Å². The fourth-order valence-corrected chi connectivity index (χ4v) is 3.77. The largest absolute Gasteiger partial charge is 0.402 e. The van der Waals surface area contributed by atoms with Gasteiger partial charge in [0.1, 0.15) is 11.0 Å². The van der Waals surface area contributed by atoms with E-state index in [9.17, 15) is 0 Å². The Kier molecular flexibility index (Phi) is 6.03. The maximum absolute atomic E-state index is 6.20. The molecule has 0 aliphatic carbocycles. The van der Waals surface area contributed by atoms with E-state index in [0.717, 1.165) is 38.7 Å². The van der Waals surface area contributed by atoms with Crippen molar-refractivity contribution in [3.63, 3.8) is 0 Å². The predicted octanol–water partition coefficient (Wildman–Crippen LogP) is 4.10. The highest BCUT2D eigenvalue weighted by molar-refractivity contribution is 14.2. The molecule has 26 heavy (non-hydrogen) atoms. The first-order chi connectivity index (χ1) is 12.4. The molecule has 5 nitrogen and oxygen atoms in total. The van der Waals surface area contributed by atoms with Crippen molar-refractivity contribution in [2.75, 3.05) is 22.9 Å². The molecule has 0 fully saturated rings. The van der Waals surface area contributed by atoms with E-state index in [0.29, 0.717) is 11.7 Å². The number of para-hydroxylation sites is 1. The van der Waals surface area contributed by atoms with E-state index in [-0.39, 0.29) is 20.7 Å². The summed E-state index contributed by atoms with van der Waals surface area (Å²) in [7, 11) is 1.98. The smallest absolute Gasteiger partial charge is 0.165 e. The van der Waals surface area contributed by atoms with Crippen molar-refractivity contribution in [2.24, 2.45) is 10.7 Å². The van der Waals surface area contributed by atoms with E-state index in [4.69, 9.17) is 22.3 Å². The highest BCUT2D eigenvalue weighted by atomic mass is 127. The molecule has 0 bridgehead atoms. The molecule has 136 valence electrons. The molecule has 0 atom stereocenters. The van der Waals surface area contributed by atoms with Crippen LogP contribution in [-0.4, -0.2) is 37.2 Å². The SMILES string of the molecule is CC(=Nc1ccccc1)C(CN(C)c1cc(Cl)nc(C2=IC2)n1)=C(C)N. The van der Waals surface area contributed by atoms with Gasteiger partial charge in [0, 0.05) is 44.6 Å². The second kappa shape index (κ2) is 8.26. The minimum atomic E-state index is 0.149. The van der Waals surface area contributed by atoms with Crippen molar-refractivity contribution in [3.05, 3.63) is 58.6 Å². The number of hydrogen-bond donors (Lipinski definition) is 1. The number of nitrogens with zero attached hydrogens (tertiary/aromatic N) is 4. The van der Waals surface area contributed by atoms with Crippen LogP contribution in [0.3, 0.4) is 0 Å². The molecule has 7 heteroatoms. The molecule has 2 N–H and O–H groups in total. The van der Waals surface area contributed by atoms with Gasteiger partial charge in [0.15, 0.2) is 5.82 Å². The number of anilines is 1. The number of allylic oxidation sites excluding steroid dienone is 1. The molecule has 1 aromatic heterocycles. The summed E-state index contributed by atoms with van der Waals surface area (Å²) in [5, 5.41) is 0.477. The second-order valence-electron chi connectivity index (χ2n) is 6.10. The number of likely N-dealkylation sites (N-methyl/N-ethyl adjacent to an activating group) is 1. The van der Waals surface area contributed by atoms with E-state index >= 15 is 0 Å². The Morgan fingerprint density at radius 3 is 2.58 bits per heavy atom. The van der Waals surface area contributed by atoms with E-state index in [1.807, 2.05) is 56.1 Å². The molecular weight excluding hydrogens is 461 g/mol. The Hall–Kier alpha value is -1.80. The summed E-state index contributed by atoms with van der Waals surface area (Å²) in [5.74, 6) is 1.60.